The predicted octanol–water partition coefficient (Wildman–Crippen LogP) is 0.254. The summed E-state index contributed by atoms with van der Waals surface area (Å²) in [6, 6.07) is 4.95. The number of carbonyl (C=O) groups is 1. The van der Waals surface area contributed by atoms with Gasteiger partial charge in [0.1, 0.15) is 5.75 Å². The monoisotopic (exact) mass is 291 g/mol. The number of ether oxygens (including phenoxy) is 2. The van der Waals surface area contributed by atoms with Crippen LogP contribution in [-0.2, 0) is 11.8 Å². The van der Waals surface area contributed by atoms with Crippen LogP contribution in [-0.4, -0.2) is 31.2 Å². The molecule has 0 aliphatic carbocycles. The number of carbonyl (C=O) groups excluding carboxylic acids is 1. The van der Waals surface area contributed by atoms with Crippen molar-refractivity contribution in [2.24, 2.45) is 7.05 Å². The number of pyridine rings is 1. The van der Waals surface area contributed by atoms with E-state index in [1.165, 1.54) is 18.7 Å². The molecule has 1 amide bonds. The Bertz CT molecular complexity index is 752. The second-order valence-corrected chi connectivity index (χ2v) is 4.49. The summed E-state index contributed by atoms with van der Waals surface area (Å²) >= 11 is 0. The first-order valence-electron chi connectivity index (χ1n) is 6.28. The van der Waals surface area contributed by atoms with Crippen LogP contribution < -0.4 is 26.1 Å². The number of amides is 1. The number of hydrogen-bond donors (Lipinski definition) is 2. The highest BCUT2D eigenvalue weighted by molar-refractivity contribution is 5.86. The molecular formula is C14H17N3O4. The molecule has 3 N–H and O–H groups in total. The second kappa shape index (κ2) is 5.74. The Morgan fingerprint density at radius 1 is 1.33 bits per heavy atom. The summed E-state index contributed by atoms with van der Waals surface area (Å²) in [6.45, 7) is -0.219. The van der Waals surface area contributed by atoms with E-state index in [4.69, 9.17) is 15.2 Å². The van der Waals surface area contributed by atoms with Gasteiger partial charge in [-0.2, -0.15) is 0 Å². The topological polar surface area (TPSA) is 95.6 Å². The quantitative estimate of drug-likeness (QED) is 0.787. The zero-order valence-electron chi connectivity index (χ0n) is 12.1. The lowest BCUT2D eigenvalue weighted by molar-refractivity contribution is -0.122. The third kappa shape index (κ3) is 2.76. The van der Waals surface area contributed by atoms with E-state index in [0.717, 1.165) is 5.39 Å². The van der Waals surface area contributed by atoms with Crippen molar-refractivity contribution in [3.05, 3.63) is 28.6 Å². The summed E-state index contributed by atoms with van der Waals surface area (Å²) in [5.74, 6) is 0.279. The molecule has 0 unspecified atom stereocenters. The van der Waals surface area contributed by atoms with E-state index < -0.39 is 0 Å². The van der Waals surface area contributed by atoms with Gasteiger partial charge in [0, 0.05) is 25.5 Å². The summed E-state index contributed by atoms with van der Waals surface area (Å²) in [5.41, 5.74) is 6.65. The highest BCUT2D eigenvalue weighted by Crippen LogP contribution is 2.28. The molecule has 2 rings (SSSR count). The van der Waals surface area contributed by atoms with Gasteiger partial charge in [-0.15, -0.1) is 0 Å². The Morgan fingerprint density at radius 3 is 2.67 bits per heavy atom. The number of nitrogen functional groups attached to an aromatic ring is 1. The normalized spacial score (nSPS) is 10.4. The number of nitrogens with two attached hydrogens (primary N) is 1. The Labute approximate surface area is 121 Å². The van der Waals surface area contributed by atoms with Gasteiger partial charge in [0.05, 0.1) is 18.3 Å². The Balaban J connectivity index is 2.53. The lowest BCUT2D eigenvalue weighted by atomic mass is 10.1. The third-order valence-corrected chi connectivity index (χ3v) is 3.18. The Kier molecular flexibility index (Phi) is 4.02. The summed E-state index contributed by atoms with van der Waals surface area (Å²) < 4.78 is 11.8. The molecule has 0 spiro atoms. The van der Waals surface area contributed by atoms with E-state index in [1.807, 2.05) is 0 Å². The molecule has 7 heteroatoms. The average Bonchev–Trinajstić information content (AvgIpc) is 2.48. The number of anilines is 1. The molecule has 1 aromatic carbocycles. The molecule has 0 saturated carbocycles. The van der Waals surface area contributed by atoms with Crippen LogP contribution >= 0.6 is 0 Å². The number of methoxy groups -OCH3 is 1. The molecule has 0 atom stereocenters. The fraction of sp³-hybridized carbons (Fsp3) is 0.286. The SMILES string of the molecule is CNC(=O)COc1cc2cc(N)c(OC)cc2n(C)c1=O. The van der Waals surface area contributed by atoms with E-state index in [-0.39, 0.29) is 23.8 Å². The van der Waals surface area contributed by atoms with Crippen molar-refractivity contribution in [3.63, 3.8) is 0 Å². The molecule has 0 saturated heterocycles. The number of nitrogens with zero attached hydrogens (tertiary/aromatic N) is 1. The smallest absolute Gasteiger partial charge is 0.293 e. The predicted molar refractivity (Wildman–Crippen MR) is 79.7 cm³/mol. The lowest BCUT2D eigenvalue weighted by Crippen LogP contribution is -2.27. The summed E-state index contributed by atoms with van der Waals surface area (Å²) in [5, 5.41) is 3.15. The molecular weight excluding hydrogens is 274 g/mol. The molecule has 0 radical (unpaired) electrons. The van der Waals surface area contributed by atoms with E-state index in [0.29, 0.717) is 17.0 Å². The highest BCUT2D eigenvalue weighted by Gasteiger charge is 2.12. The first-order valence-corrected chi connectivity index (χ1v) is 6.28. The number of aromatic nitrogens is 1. The van der Waals surface area contributed by atoms with Crippen LogP contribution in [0.3, 0.4) is 0 Å². The van der Waals surface area contributed by atoms with Gasteiger partial charge in [0.2, 0.25) is 0 Å². The van der Waals surface area contributed by atoms with Crippen molar-refractivity contribution in [1.29, 1.82) is 0 Å². The maximum Gasteiger partial charge on any atom is 0.293 e. The number of benzene rings is 1. The third-order valence-electron chi connectivity index (χ3n) is 3.18. The Hall–Kier alpha value is -2.70. The van der Waals surface area contributed by atoms with Crippen LogP contribution in [0.5, 0.6) is 11.5 Å². The van der Waals surface area contributed by atoms with Crippen LogP contribution in [0, 0.1) is 0 Å². The minimum atomic E-state index is -0.335. The van der Waals surface area contributed by atoms with Crippen LogP contribution in [0.4, 0.5) is 5.69 Å². The molecule has 0 fully saturated rings. The molecule has 0 aliphatic rings. The van der Waals surface area contributed by atoms with Crippen molar-refractivity contribution >= 4 is 22.5 Å². The minimum Gasteiger partial charge on any atom is -0.495 e. The van der Waals surface area contributed by atoms with Crippen molar-refractivity contribution in [2.45, 2.75) is 0 Å². The maximum atomic E-state index is 12.2. The molecule has 21 heavy (non-hydrogen) atoms. The minimum absolute atomic E-state index is 0.0955. The number of hydrogen-bond acceptors (Lipinski definition) is 5. The van der Waals surface area contributed by atoms with Gasteiger partial charge in [0.25, 0.3) is 11.5 Å². The zero-order chi connectivity index (χ0) is 15.6. The molecule has 0 aliphatic heterocycles. The van der Waals surface area contributed by atoms with Crippen LogP contribution in [0.15, 0.2) is 23.0 Å². The Morgan fingerprint density at radius 2 is 2.05 bits per heavy atom. The van der Waals surface area contributed by atoms with Gasteiger partial charge in [-0.05, 0) is 12.1 Å². The number of fused-ring (bicyclic) bond motifs is 1. The van der Waals surface area contributed by atoms with Crippen LogP contribution in [0.1, 0.15) is 0 Å². The molecule has 2 aromatic rings. The zero-order valence-corrected chi connectivity index (χ0v) is 12.1. The van der Waals surface area contributed by atoms with Gasteiger partial charge in [-0.3, -0.25) is 9.59 Å². The molecule has 1 heterocycles. The fourth-order valence-corrected chi connectivity index (χ4v) is 1.98. The largest absolute Gasteiger partial charge is 0.495 e. The van der Waals surface area contributed by atoms with E-state index in [2.05, 4.69) is 5.32 Å². The first-order chi connectivity index (χ1) is 9.97. The van der Waals surface area contributed by atoms with Gasteiger partial charge in [0.15, 0.2) is 12.4 Å². The number of rotatable bonds is 4. The lowest BCUT2D eigenvalue weighted by Gasteiger charge is -2.12. The second-order valence-electron chi connectivity index (χ2n) is 4.49. The van der Waals surface area contributed by atoms with Gasteiger partial charge in [-0.1, -0.05) is 0 Å². The number of aryl methyl sites for hydroxylation is 1. The van der Waals surface area contributed by atoms with Gasteiger partial charge in [-0.25, -0.2) is 0 Å². The first kappa shape index (κ1) is 14.7. The molecule has 0 bridgehead atoms. The maximum absolute atomic E-state index is 12.2. The molecule has 7 nitrogen and oxygen atoms in total. The van der Waals surface area contributed by atoms with Crippen molar-refractivity contribution in [2.75, 3.05) is 26.5 Å². The molecule has 112 valence electrons. The number of nitrogens with one attached hydrogen (secondary N) is 1. The number of likely N-dealkylation sites (N-methyl/N-ethyl adjacent to an activating group) is 1. The fourth-order valence-electron chi connectivity index (χ4n) is 1.98. The van der Waals surface area contributed by atoms with E-state index in [1.54, 1.807) is 25.2 Å². The van der Waals surface area contributed by atoms with Gasteiger partial charge >= 0.3 is 0 Å². The van der Waals surface area contributed by atoms with Crippen molar-refractivity contribution in [1.82, 2.24) is 9.88 Å². The van der Waals surface area contributed by atoms with Crippen molar-refractivity contribution in [3.8, 4) is 11.5 Å². The summed E-state index contributed by atoms with van der Waals surface area (Å²) in [7, 11) is 4.63. The molecule has 1 aromatic heterocycles. The standard InChI is InChI=1S/C14H17N3O4/c1-16-13(18)7-21-12-5-8-4-9(15)11(20-3)6-10(8)17(2)14(12)19/h4-6H,7,15H2,1-3H3,(H,16,18). The van der Waals surface area contributed by atoms with E-state index >= 15 is 0 Å². The van der Waals surface area contributed by atoms with Crippen LogP contribution in [0.25, 0.3) is 10.9 Å². The average molecular weight is 291 g/mol. The van der Waals surface area contributed by atoms with E-state index in [9.17, 15) is 9.59 Å². The van der Waals surface area contributed by atoms with Crippen LogP contribution in [0.2, 0.25) is 0 Å². The van der Waals surface area contributed by atoms with Crippen molar-refractivity contribution < 1.29 is 14.3 Å². The summed E-state index contributed by atoms with van der Waals surface area (Å²) in [4.78, 5) is 23.4. The highest BCUT2D eigenvalue weighted by atomic mass is 16.5. The summed E-state index contributed by atoms with van der Waals surface area (Å²) in [6.07, 6.45) is 0. The van der Waals surface area contributed by atoms with Gasteiger partial charge < -0.3 is 25.1 Å².